The van der Waals surface area contributed by atoms with Gasteiger partial charge in [0.1, 0.15) is 12.0 Å². The largest absolute Gasteiger partial charge is 0.452 e. The molecule has 0 atom stereocenters. The highest BCUT2D eigenvalue weighted by molar-refractivity contribution is 5.95. The van der Waals surface area contributed by atoms with Crippen LogP contribution >= 0.6 is 0 Å². The maximum Gasteiger partial charge on any atom is 0.338 e. The summed E-state index contributed by atoms with van der Waals surface area (Å²) in [5.74, 6) is -0.824. The smallest absolute Gasteiger partial charge is 0.338 e. The Morgan fingerprint density at radius 1 is 0.964 bits per heavy atom. The number of nitrogens with zero attached hydrogens (tertiary/aromatic N) is 1. The molecular weight excluding hydrogens is 364 g/mol. The van der Waals surface area contributed by atoms with E-state index in [2.05, 4.69) is 15.0 Å². The molecular formula is C20H16N2O6. The summed E-state index contributed by atoms with van der Waals surface area (Å²) >= 11 is 0. The zero-order valence-corrected chi connectivity index (χ0v) is 14.9. The van der Waals surface area contributed by atoms with Crippen LogP contribution in [0.2, 0.25) is 0 Å². The molecule has 8 nitrogen and oxygen atoms in total. The molecule has 3 rings (SSSR count). The van der Waals surface area contributed by atoms with Gasteiger partial charge in [-0.15, -0.1) is 0 Å². The Morgan fingerprint density at radius 2 is 1.61 bits per heavy atom. The highest BCUT2D eigenvalue weighted by Gasteiger charge is 2.11. The third-order valence-electron chi connectivity index (χ3n) is 3.61. The van der Waals surface area contributed by atoms with E-state index >= 15 is 0 Å². The molecule has 1 heterocycles. The Labute approximate surface area is 160 Å². The Kier molecular flexibility index (Phi) is 5.81. The summed E-state index contributed by atoms with van der Waals surface area (Å²) in [4.78, 5) is 34.7. The fourth-order valence-electron chi connectivity index (χ4n) is 2.35. The summed E-state index contributed by atoms with van der Waals surface area (Å²) in [5.41, 5.74) is 2.08. The molecule has 0 bridgehead atoms. The van der Waals surface area contributed by atoms with Crippen LogP contribution in [0, 0.1) is 0 Å². The minimum Gasteiger partial charge on any atom is -0.452 e. The van der Waals surface area contributed by atoms with E-state index in [0.29, 0.717) is 11.3 Å². The molecule has 8 heteroatoms. The lowest BCUT2D eigenvalue weighted by molar-refractivity contribution is -0.131. The molecule has 3 aromatic rings. The van der Waals surface area contributed by atoms with E-state index in [4.69, 9.17) is 9.47 Å². The van der Waals surface area contributed by atoms with E-state index in [-0.39, 0.29) is 11.8 Å². The molecule has 1 N–H and O–H groups in total. The fourth-order valence-corrected chi connectivity index (χ4v) is 2.35. The zero-order chi connectivity index (χ0) is 19.9. The van der Waals surface area contributed by atoms with Crippen LogP contribution in [0.3, 0.4) is 0 Å². The van der Waals surface area contributed by atoms with Crippen LogP contribution in [0.25, 0.3) is 11.1 Å². The van der Waals surface area contributed by atoms with Crippen molar-refractivity contribution in [3.05, 3.63) is 66.4 Å². The van der Waals surface area contributed by atoms with Crippen LogP contribution in [0.15, 0.2) is 65.4 Å². The first kappa shape index (κ1) is 18.8. The Morgan fingerprint density at radius 3 is 2.18 bits per heavy atom. The number of aromatic nitrogens is 1. The molecule has 0 saturated carbocycles. The molecule has 0 fully saturated rings. The van der Waals surface area contributed by atoms with Crippen LogP contribution in [-0.4, -0.2) is 29.6 Å². The van der Waals surface area contributed by atoms with Gasteiger partial charge in [-0.2, -0.15) is 0 Å². The van der Waals surface area contributed by atoms with Gasteiger partial charge in [0.25, 0.3) is 5.91 Å². The van der Waals surface area contributed by atoms with E-state index in [0.717, 1.165) is 11.1 Å². The third-order valence-corrected chi connectivity index (χ3v) is 3.61. The Hall–Kier alpha value is -3.94. The van der Waals surface area contributed by atoms with E-state index in [1.165, 1.54) is 19.3 Å². The molecule has 2 aromatic carbocycles. The Balaban J connectivity index is 1.56. The number of hydrogen-bond acceptors (Lipinski definition) is 7. The number of amides is 1. The van der Waals surface area contributed by atoms with Crippen molar-refractivity contribution in [2.24, 2.45) is 0 Å². The van der Waals surface area contributed by atoms with Crippen molar-refractivity contribution in [2.75, 3.05) is 11.9 Å². The summed E-state index contributed by atoms with van der Waals surface area (Å²) in [7, 11) is 0. The zero-order valence-electron chi connectivity index (χ0n) is 14.9. The summed E-state index contributed by atoms with van der Waals surface area (Å²) in [6.45, 7) is 0.898. The normalized spacial score (nSPS) is 10.2. The number of benzene rings is 2. The summed E-state index contributed by atoms with van der Waals surface area (Å²) in [6.07, 6.45) is 1.31. The lowest BCUT2D eigenvalue weighted by Gasteiger charge is -2.07. The quantitative estimate of drug-likeness (QED) is 0.517. The van der Waals surface area contributed by atoms with E-state index in [9.17, 15) is 14.4 Å². The number of nitrogens with one attached hydrogen (secondary N) is 1. The monoisotopic (exact) mass is 380 g/mol. The van der Waals surface area contributed by atoms with Gasteiger partial charge in [-0.05, 0) is 35.4 Å². The number of ether oxygens (including phenoxy) is 2. The van der Waals surface area contributed by atoms with Crippen molar-refractivity contribution >= 4 is 23.7 Å². The minimum atomic E-state index is -0.618. The van der Waals surface area contributed by atoms with Gasteiger partial charge >= 0.3 is 11.9 Å². The average Bonchev–Trinajstić information content (AvgIpc) is 3.19. The third kappa shape index (κ3) is 5.04. The highest BCUT2D eigenvalue weighted by Crippen LogP contribution is 2.23. The maximum atomic E-state index is 12.1. The topological polar surface area (TPSA) is 108 Å². The molecule has 0 saturated heterocycles. The van der Waals surface area contributed by atoms with E-state index < -0.39 is 18.5 Å². The number of hydrogen-bond donors (Lipinski definition) is 1. The molecule has 28 heavy (non-hydrogen) atoms. The van der Waals surface area contributed by atoms with Gasteiger partial charge in [0, 0.05) is 13.0 Å². The fraction of sp³-hybridized carbons (Fsp3) is 0.100. The molecule has 0 spiro atoms. The van der Waals surface area contributed by atoms with Crippen LogP contribution in [0.4, 0.5) is 5.82 Å². The first-order valence-electron chi connectivity index (χ1n) is 8.27. The van der Waals surface area contributed by atoms with Gasteiger partial charge in [-0.25, -0.2) is 4.79 Å². The first-order valence-corrected chi connectivity index (χ1v) is 8.27. The lowest BCUT2D eigenvalue weighted by atomic mass is 10.0. The van der Waals surface area contributed by atoms with Crippen molar-refractivity contribution < 1.29 is 28.4 Å². The minimum absolute atomic E-state index is 0.241. The van der Waals surface area contributed by atoms with Gasteiger partial charge in [0.05, 0.1) is 5.56 Å². The molecule has 1 amide bonds. The highest BCUT2D eigenvalue weighted by atomic mass is 16.5. The van der Waals surface area contributed by atoms with Gasteiger partial charge in [0.2, 0.25) is 0 Å². The Bertz CT molecular complexity index is 963. The van der Waals surface area contributed by atoms with Crippen molar-refractivity contribution in [1.82, 2.24) is 5.16 Å². The van der Waals surface area contributed by atoms with Crippen molar-refractivity contribution in [1.29, 1.82) is 0 Å². The van der Waals surface area contributed by atoms with E-state index in [1.54, 1.807) is 48.5 Å². The van der Waals surface area contributed by atoms with Crippen molar-refractivity contribution in [2.45, 2.75) is 6.92 Å². The molecule has 0 unspecified atom stereocenters. The standard InChI is InChI=1S/C20H16N2O6/c1-13(23)28-17-8-6-15(7-9-17)14-2-4-16(5-3-14)20(25)26-12-19(24)21-18-10-11-27-22-18/h2-11H,12H2,1H3,(H,21,22,24). The molecule has 0 aliphatic rings. The maximum absolute atomic E-state index is 12.1. The SMILES string of the molecule is CC(=O)Oc1ccc(-c2ccc(C(=O)OCC(=O)Nc3ccon3)cc2)cc1. The molecule has 0 aliphatic carbocycles. The molecule has 1 aromatic heterocycles. The van der Waals surface area contributed by atoms with Crippen LogP contribution in [0.1, 0.15) is 17.3 Å². The van der Waals surface area contributed by atoms with Gasteiger partial charge < -0.3 is 19.3 Å². The summed E-state index contributed by atoms with van der Waals surface area (Å²) in [6, 6.07) is 15.2. The van der Waals surface area contributed by atoms with Crippen molar-refractivity contribution in [3.8, 4) is 16.9 Å². The van der Waals surface area contributed by atoms with Gasteiger partial charge in [-0.3, -0.25) is 9.59 Å². The van der Waals surface area contributed by atoms with Crippen molar-refractivity contribution in [3.63, 3.8) is 0 Å². The average molecular weight is 380 g/mol. The number of esters is 2. The van der Waals surface area contributed by atoms with Crippen LogP contribution < -0.4 is 10.1 Å². The second kappa shape index (κ2) is 8.63. The first-order chi connectivity index (χ1) is 13.5. The van der Waals surface area contributed by atoms with Gasteiger partial charge in [0.15, 0.2) is 12.4 Å². The number of anilines is 1. The molecule has 0 aliphatic heterocycles. The number of rotatable bonds is 6. The predicted molar refractivity (Wildman–Crippen MR) is 98.6 cm³/mol. The van der Waals surface area contributed by atoms with E-state index in [1.807, 2.05) is 0 Å². The predicted octanol–water partition coefficient (Wildman–Crippen LogP) is 3.06. The van der Waals surface area contributed by atoms with Gasteiger partial charge in [-0.1, -0.05) is 29.4 Å². The second-order valence-corrected chi connectivity index (χ2v) is 5.70. The number of carbonyl (C=O) groups excluding carboxylic acids is 3. The molecule has 142 valence electrons. The summed E-state index contributed by atoms with van der Waals surface area (Å²) < 4.78 is 14.6. The van der Waals surface area contributed by atoms with Crippen LogP contribution in [-0.2, 0) is 14.3 Å². The van der Waals surface area contributed by atoms with Crippen LogP contribution in [0.5, 0.6) is 5.75 Å². The lowest BCUT2D eigenvalue weighted by Crippen LogP contribution is -2.21. The second-order valence-electron chi connectivity index (χ2n) is 5.70. The molecule has 0 radical (unpaired) electrons. The summed E-state index contributed by atoms with van der Waals surface area (Å²) in [5, 5.41) is 5.95. The number of carbonyl (C=O) groups is 3.